The minimum absolute atomic E-state index is 0.00396. The fraction of sp³-hybridized carbons (Fsp3) is 0. The monoisotopic (exact) mass is 315 g/mol. The fourth-order valence-corrected chi connectivity index (χ4v) is 1.90. The summed E-state index contributed by atoms with van der Waals surface area (Å²) >= 11 is 5.64. The Morgan fingerprint density at radius 1 is 1.41 bits per heavy atom. The van der Waals surface area contributed by atoms with Crippen molar-refractivity contribution >= 4 is 29.3 Å². The predicted octanol–water partition coefficient (Wildman–Crippen LogP) is 3.93. The number of carbonyl (C=O) groups is 1. The highest BCUT2D eigenvalue weighted by molar-refractivity contribution is 6.30. The van der Waals surface area contributed by atoms with Crippen LogP contribution in [0, 0.1) is 23.2 Å². The lowest BCUT2D eigenvalue weighted by Crippen LogP contribution is -1.96. The number of nitriles is 1. The fourth-order valence-electron chi connectivity index (χ4n) is 1.71. The van der Waals surface area contributed by atoms with Gasteiger partial charge in [0, 0.05) is 23.5 Å². The molecular formula is C16H9ClFN2O2. The molecule has 2 aromatic carbocycles. The van der Waals surface area contributed by atoms with Gasteiger partial charge in [-0.25, -0.2) is 9.18 Å². The van der Waals surface area contributed by atoms with E-state index >= 15 is 0 Å². The number of nitrogens with zero attached hydrogens (tertiary/aromatic N) is 1. The van der Waals surface area contributed by atoms with Crippen LogP contribution in [-0.2, 0) is 0 Å². The number of hydrogen-bond acceptors (Lipinski definition) is 3. The third kappa shape index (κ3) is 3.62. The highest BCUT2D eigenvalue weighted by Crippen LogP contribution is 2.20. The summed E-state index contributed by atoms with van der Waals surface area (Å²) in [6.45, 7) is 0. The molecule has 2 N–H and O–H groups in total. The Morgan fingerprint density at radius 2 is 2.09 bits per heavy atom. The first-order valence-corrected chi connectivity index (χ1v) is 6.47. The summed E-state index contributed by atoms with van der Waals surface area (Å²) in [6.07, 6.45) is 2.82. The maximum absolute atomic E-state index is 13.8. The molecule has 0 aliphatic rings. The van der Waals surface area contributed by atoms with E-state index in [4.69, 9.17) is 22.0 Å². The summed E-state index contributed by atoms with van der Waals surface area (Å²) in [7, 11) is 0. The van der Waals surface area contributed by atoms with Crippen LogP contribution in [0.5, 0.6) is 0 Å². The van der Waals surface area contributed by atoms with Crippen molar-refractivity contribution in [1.82, 2.24) is 0 Å². The quantitative estimate of drug-likeness (QED) is 0.896. The maximum Gasteiger partial charge on any atom is 0.335 e. The van der Waals surface area contributed by atoms with Crippen molar-refractivity contribution < 1.29 is 14.3 Å². The highest BCUT2D eigenvalue weighted by Gasteiger charge is 2.08. The van der Waals surface area contributed by atoms with E-state index in [1.165, 1.54) is 24.4 Å². The second kappa shape index (κ2) is 6.74. The number of carboxylic acid groups (broad SMARTS) is 1. The molecule has 0 saturated heterocycles. The van der Waals surface area contributed by atoms with E-state index in [0.717, 1.165) is 6.07 Å². The number of aromatic carboxylic acids is 1. The molecule has 0 fully saturated rings. The molecule has 0 amide bonds. The van der Waals surface area contributed by atoms with Crippen molar-refractivity contribution in [1.29, 1.82) is 5.26 Å². The maximum atomic E-state index is 13.8. The Kier molecular flexibility index (Phi) is 4.77. The Balaban J connectivity index is 2.16. The van der Waals surface area contributed by atoms with E-state index in [1.807, 2.05) is 6.07 Å². The summed E-state index contributed by atoms with van der Waals surface area (Å²) in [4.78, 5) is 10.7. The summed E-state index contributed by atoms with van der Waals surface area (Å²) < 4.78 is 13.8. The van der Waals surface area contributed by atoms with Crippen LogP contribution in [0.4, 0.5) is 10.1 Å². The van der Waals surface area contributed by atoms with Crippen molar-refractivity contribution in [2.75, 3.05) is 5.32 Å². The van der Waals surface area contributed by atoms with Gasteiger partial charge in [-0.15, -0.1) is 0 Å². The molecule has 2 aromatic rings. The molecule has 0 bridgehead atoms. The second-order valence-corrected chi connectivity index (χ2v) is 4.63. The van der Waals surface area contributed by atoms with Gasteiger partial charge in [-0.2, -0.15) is 5.26 Å². The van der Waals surface area contributed by atoms with Gasteiger partial charge in [-0.05, 0) is 36.4 Å². The second-order valence-electron chi connectivity index (χ2n) is 4.23. The molecule has 0 unspecified atom stereocenters. The third-order valence-electron chi connectivity index (χ3n) is 2.77. The first-order chi connectivity index (χ1) is 10.5. The van der Waals surface area contributed by atoms with Crippen LogP contribution in [0.2, 0.25) is 5.02 Å². The van der Waals surface area contributed by atoms with Crippen molar-refractivity contribution in [2.45, 2.75) is 0 Å². The SMILES string of the molecule is N#Cc1[c]c(Cl)cc(F)c1C=CNc1ccc(C(=O)O)cc1. The van der Waals surface area contributed by atoms with Gasteiger partial charge in [0.2, 0.25) is 0 Å². The zero-order valence-corrected chi connectivity index (χ0v) is 11.9. The van der Waals surface area contributed by atoms with Gasteiger partial charge >= 0.3 is 5.97 Å². The molecule has 2 rings (SSSR count). The number of hydrogen-bond donors (Lipinski definition) is 2. The normalized spacial score (nSPS) is 10.4. The molecule has 0 aliphatic carbocycles. The number of carboxylic acids is 1. The first-order valence-electron chi connectivity index (χ1n) is 6.09. The van der Waals surface area contributed by atoms with Crippen molar-refractivity contribution in [3.63, 3.8) is 0 Å². The third-order valence-corrected chi connectivity index (χ3v) is 2.97. The average Bonchev–Trinajstić information content (AvgIpc) is 2.49. The van der Waals surface area contributed by atoms with Gasteiger partial charge in [0.1, 0.15) is 11.9 Å². The van der Waals surface area contributed by atoms with Gasteiger partial charge in [0.05, 0.1) is 16.1 Å². The topological polar surface area (TPSA) is 73.1 Å². The molecule has 1 radical (unpaired) electrons. The summed E-state index contributed by atoms with van der Waals surface area (Å²) in [6, 6.07) is 11.5. The minimum Gasteiger partial charge on any atom is -0.478 e. The van der Waals surface area contributed by atoms with E-state index in [-0.39, 0.29) is 21.7 Å². The Hall–Kier alpha value is -2.84. The number of rotatable bonds is 4. The molecule has 0 atom stereocenters. The standard InChI is InChI=1S/C16H9ClFN2O2/c17-12-7-11(9-19)14(15(18)8-12)5-6-20-13-3-1-10(2-4-13)16(21)22/h1-6,8,20H,(H,21,22). The van der Waals surface area contributed by atoms with Crippen molar-refractivity contribution in [3.05, 3.63) is 70.1 Å². The van der Waals surface area contributed by atoms with E-state index in [9.17, 15) is 9.18 Å². The van der Waals surface area contributed by atoms with Gasteiger partial charge in [0.15, 0.2) is 0 Å². The number of nitrogens with one attached hydrogen (secondary N) is 1. The zero-order chi connectivity index (χ0) is 16.1. The molecule has 0 saturated carbocycles. The minimum atomic E-state index is -1.01. The Labute approximate surface area is 131 Å². The lowest BCUT2D eigenvalue weighted by molar-refractivity contribution is 0.0697. The Morgan fingerprint density at radius 3 is 2.68 bits per heavy atom. The van der Waals surface area contributed by atoms with E-state index in [2.05, 4.69) is 11.4 Å². The summed E-state index contributed by atoms with van der Waals surface area (Å²) in [5.41, 5.74) is 0.864. The molecule has 0 aromatic heterocycles. The number of anilines is 1. The predicted molar refractivity (Wildman–Crippen MR) is 81.0 cm³/mol. The van der Waals surface area contributed by atoms with Crippen LogP contribution < -0.4 is 5.32 Å². The van der Waals surface area contributed by atoms with Gasteiger partial charge in [0.25, 0.3) is 0 Å². The Bertz CT molecular complexity index is 780. The van der Waals surface area contributed by atoms with E-state index < -0.39 is 11.8 Å². The van der Waals surface area contributed by atoms with Crippen LogP contribution in [-0.4, -0.2) is 11.1 Å². The van der Waals surface area contributed by atoms with E-state index in [0.29, 0.717) is 5.69 Å². The van der Waals surface area contributed by atoms with Crippen LogP contribution in [0.3, 0.4) is 0 Å². The molecule has 22 heavy (non-hydrogen) atoms. The molecular weight excluding hydrogens is 307 g/mol. The molecule has 109 valence electrons. The number of halogens is 2. The number of benzene rings is 2. The van der Waals surface area contributed by atoms with Crippen molar-refractivity contribution in [3.8, 4) is 6.07 Å². The van der Waals surface area contributed by atoms with Crippen LogP contribution in [0.15, 0.2) is 36.5 Å². The summed E-state index contributed by atoms with van der Waals surface area (Å²) in [5, 5.41) is 20.6. The van der Waals surface area contributed by atoms with E-state index in [1.54, 1.807) is 12.1 Å². The van der Waals surface area contributed by atoms with Crippen LogP contribution in [0.1, 0.15) is 21.5 Å². The lowest BCUT2D eigenvalue weighted by Gasteiger charge is -2.03. The van der Waals surface area contributed by atoms with Crippen LogP contribution >= 0.6 is 11.6 Å². The van der Waals surface area contributed by atoms with Crippen molar-refractivity contribution in [2.24, 2.45) is 0 Å². The molecule has 4 nitrogen and oxygen atoms in total. The van der Waals surface area contributed by atoms with Gasteiger partial charge < -0.3 is 10.4 Å². The van der Waals surface area contributed by atoms with Crippen LogP contribution in [0.25, 0.3) is 6.08 Å². The molecule has 0 aliphatic heterocycles. The molecule has 6 heteroatoms. The average molecular weight is 316 g/mol. The molecule has 0 spiro atoms. The lowest BCUT2D eigenvalue weighted by atomic mass is 10.1. The van der Waals surface area contributed by atoms with Gasteiger partial charge in [-0.1, -0.05) is 11.6 Å². The highest BCUT2D eigenvalue weighted by atomic mass is 35.5. The summed E-state index contributed by atoms with van der Waals surface area (Å²) in [5.74, 6) is -1.64. The largest absolute Gasteiger partial charge is 0.478 e. The van der Waals surface area contributed by atoms with Gasteiger partial charge in [-0.3, -0.25) is 0 Å². The zero-order valence-electron chi connectivity index (χ0n) is 11.1. The molecule has 0 heterocycles. The smallest absolute Gasteiger partial charge is 0.335 e. The first kappa shape index (κ1) is 15.5.